The third-order valence-corrected chi connectivity index (χ3v) is 5.26. The first-order valence-corrected chi connectivity index (χ1v) is 9.91. The number of carbonyl (C=O) groups excluding carboxylic acids is 2. The van der Waals surface area contributed by atoms with Crippen LogP contribution in [0.5, 0.6) is 0 Å². The fraction of sp³-hybridized carbons (Fsp3) is 0.409. The molecule has 1 aromatic heterocycles. The van der Waals surface area contributed by atoms with Crippen molar-refractivity contribution in [3.8, 4) is 0 Å². The Kier molecular flexibility index (Phi) is 6.29. The minimum absolute atomic E-state index is 0.0671. The van der Waals surface area contributed by atoms with Gasteiger partial charge in [-0.25, -0.2) is 0 Å². The van der Waals surface area contributed by atoms with Crippen LogP contribution in [0.25, 0.3) is 0 Å². The normalized spacial score (nSPS) is 15.7. The van der Waals surface area contributed by atoms with E-state index >= 15 is 0 Å². The number of rotatable bonds is 7. The number of primary amides is 1. The molecule has 0 fully saturated rings. The van der Waals surface area contributed by atoms with E-state index in [1.54, 1.807) is 0 Å². The molecule has 0 bridgehead atoms. The van der Waals surface area contributed by atoms with Crippen LogP contribution in [0.4, 0.5) is 0 Å². The van der Waals surface area contributed by atoms with Crippen LogP contribution >= 0.6 is 0 Å². The average molecular weight is 381 g/mol. The molecule has 1 aliphatic carbocycles. The van der Waals surface area contributed by atoms with Gasteiger partial charge >= 0.3 is 0 Å². The summed E-state index contributed by atoms with van der Waals surface area (Å²) in [5.74, 6) is -0.839. The first-order chi connectivity index (χ1) is 13.5. The number of nitrogens with two attached hydrogens (primary N) is 1. The molecule has 0 aliphatic heterocycles. The number of amides is 2. The molecule has 4 N–H and O–H groups in total. The number of nitrogens with one attached hydrogen (secondary N) is 2. The monoisotopic (exact) mass is 381 g/mol. The Balaban J connectivity index is 1.69. The van der Waals surface area contributed by atoms with Gasteiger partial charge in [0.2, 0.25) is 5.91 Å². The second-order valence-electron chi connectivity index (χ2n) is 7.42. The number of carbonyl (C=O) groups is 2. The number of pyridine rings is 1. The van der Waals surface area contributed by atoms with Crippen LogP contribution < -0.4 is 16.6 Å². The number of hydrogen-bond acceptors (Lipinski definition) is 3. The Morgan fingerprint density at radius 2 is 1.93 bits per heavy atom. The fourth-order valence-corrected chi connectivity index (χ4v) is 3.71. The van der Waals surface area contributed by atoms with Crippen LogP contribution in [-0.2, 0) is 24.1 Å². The second kappa shape index (κ2) is 8.87. The molecule has 6 heteroatoms. The zero-order chi connectivity index (χ0) is 20.1. The highest BCUT2D eigenvalue weighted by Gasteiger charge is 2.24. The molecule has 0 saturated heterocycles. The SMILES string of the molecule is CCCCc1ccc(CC(=O)NC2CCCc3[nH]c(=O)c(C(N)=O)cc32)cc1. The number of hydrogen-bond donors (Lipinski definition) is 3. The van der Waals surface area contributed by atoms with Crippen molar-refractivity contribution >= 4 is 11.8 Å². The summed E-state index contributed by atoms with van der Waals surface area (Å²) < 4.78 is 0. The molecule has 28 heavy (non-hydrogen) atoms. The highest BCUT2D eigenvalue weighted by Crippen LogP contribution is 2.28. The lowest BCUT2D eigenvalue weighted by atomic mass is 9.90. The Morgan fingerprint density at radius 1 is 1.21 bits per heavy atom. The van der Waals surface area contributed by atoms with Crippen LogP contribution in [0.1, 0.15) is 71.4 Å². The molecule has 0 saturated carbocycles. The number of benzene rings is 1. The van der Waals surface area contributed by atoms with Crippen molar-refractivity contribution in [1.82, 2.24) is 10.3 Å². The first kappa shape index (κ1) is 19.9. The summed E-state index contributed by atoms with van der Waals surface area (Å²) >= 11 is 0. The lowest BCUT2D eigenvalue weighted by Gasteiger charge is -2.26. The summed E-state index contributed by atoms with van der Waals surface area (Å²) in [6.45, 7) is 2.17. The molecule has 1 aromatic carbocycles. The third-order valence-electron chi connectivity index (χ3n) is 5.26. The van der Waals surface area contributed by atoms with Crippen LogP contribution in [0.3, 0.4) is 0 Å². The average Bonchev–Trinajstić information content (AvgIpc) is 2.67. The van der Waals surface area contributed by atoms with Crippen LogP contribution in [-0.4, -0.2) is 16.8 Å². The van der Waals surface area contributed by atoms with Gasteiger partial charge in [-0.1, -0.05) is 37.6 Å². The van der Waals surface area contributed by atoms with Crippen molar-refractivity contribution in [2.45, 2.75) is 57.9 Å². The molecular formula is C22H27N3O3. The molecule has 3 rings (SSSR count). The van der Waals surface area contributed by atoms with E-state index in [2.05, 4.69) is 29.4 Å². The predicted molar refractivity (Wildman–Crippen MR) is 108 cm³/mol. The second-order valence-corrected chi connectivity index (χ2v) is 7.42. The van der Waals surface area contributed by atoms with E-state index in [-0.39, 0.29) is 17.5 Å². The van der Waals surface area contributed by atoms with Crippen molar-refractivity contribution in [2.75, 3.05) is 0 Å². The maximum atomic E-state index is 12.6. The summed E-state index contributed by atoms with van der Waals surface area (Å²) in [6, 6.07) is 9.47. The maximum Gasteiger partial charge on any atom is 0.261 e. The van der Waals surface area contributed by atoms with Crippen molar-refractivity contribution in [2.24, 2.45) is 5.73 Å². The quantitative estimate of drug-likeness (QED) is 0.686. The van der Waals surface area contributed by atoms with E-state index in [1.165, 1.54) is 11.6 Å². The van der Waals surface area contributed by atoms with Crippen molar-refractivity contribution in [3.63, 3.8) is 0 Å². The molecule has 6 nitrogen and oxygen atoms in total. The Hall–Kier alpha value is -2.89. The number of aromatic amines is 1. The fourth-order valence-electron chi connectivity index (χ4n) is 3.71. The van der Waals surface area contributed by atoms with Crippen LogP contribution in [0.15, 0.2) is 35.1 Å². The van der Waals surface area contributed by atoms with Crippen molar-refractivity contribution in [3.05, 3.63) is 68.6 Å². The standard InChI is InChI=1S/C22H27N3O3/c1-2-3-5-14-8-10-15(11-9-14)12-20(26)24-18-6-4-7-19-16(18)13-17(21(23)27)22(28)25-19/h8-11,13,18H,2-7,12H2,1H3,(H2,23,27)(H,24,26)(H,25,28). The molecule has 148 valence electrons. The minimum atomic E-state index is -0.761. The zero-order valence-corrected chi connectivity index (χ0v) is 16.2. The number of aromatic nitrogens is 1. The van der Waals surface area contributed by atoms with Crippen molar-refractivity contribution in [1.29, 1.82) is 0 Å². The van der Waals surface area contributed by atoms with Gasteiger partial charge in [0.15, 0.2) is 0 Å². The lowest BCUT2D eigenvalue weighted by molar-refractivity contribution is -0.121. The highest BCUT2D eigenvalue weighted by molar-refractivity contribution is 5.92. The number of aryl methyl sites for hydroxylation is 2. The van der Waals surface area contributed by atoms with Crippen LogP contribution in [0.2, 0.25) is 0 Å². The Labute approximate surface area is 164 Å². The molecule has 0 spiro atoms. The van der Waals surface area contributed by atoms with Gasteiger partial charge in [-0.2, -0.15) is 0 Å². The van der Waals surface area contributed by atoms with E-state index in [9.17, 15) is 14.4 Å². The molecule has 1 unspecified atom stereocenters. The van der Waals surface area contributed by atoms with Gasteiger partial charge in [-0.05, 0) is 54.9 Å². The number of H-pyrrole nitrogens is 1. The Bertz CT molecular complexity index is 916. The predicted octanol–water partition coefficient (Wildman–Crippen LogP) is 2.55. The maximum absolute atomic E-state index is 12.6. The summed E-state index contributed by atoms with van der Waals surface area (Å²) in [7, 11) is 0. The zero-order valence-electron chi connectivity index (χ0n) is 16.2. The van der Waals surface area contributed by atoms with Gasteiger partial charge in [0.05, 0.1) is 12.5 Å². The minimum Gasteiger partial charge on any atom is -0.365 e. The summed E-state index contributed by atoms with van der Waals surface area (Å²) in [4.78, 5) is 38.7. The van der Waals surface area contributed by atoms with E-state index in [4.69, 9.17) is 5.73 Å². The van der Waals surface area contributed by atoms with Gasteiger partial charge in [0, 0.05) is 5.69 Å². The molecule has 1 heterocycles. The largest absolute Gasteiger partial charge is 0.365 e. The third kappa shape index (κ3) is 4.68. The lowest BCUT2D eigenvalue weighted by Crippen LogP contribution is -2.34. The molecule has 2 aromatic rings. The van der Waals surface area contributed by atoms with E-state index in [0.29, 0.717) is 6.42 Å². The van der Waals surface area contributed by atoms with Gasteiger partial charge in [-0.15, -0.1) is 0 Å². The number of unbranched alkanes of at least 4 members (excludes halogenated alkanes) is 1. The van der Waals surface area contributed by atoms with Crippen molar-refractivity contribution < 1.29 is 9.59 Å². The number of fused-ring (bicyclic) bond motifs is 1. The van der Waals surface area contributed by atoms with Gasteiger partial charge < -0.3 is 16.0 Å². The Morgan fingerprint density at radius 3 is 2.61 bits per heavy atom. The molecule has 1 atom stereocenters. The smallest absolute Gasteiger partial charge is 0.261 e. The highest BCUT2D eigenvalue weighted by atomic mass is 16.2. The van der Waals surface area contributed by atoms with Gasteiger partial charge in [-0.3, -0.25) is 14.4 Å². The summed E-state index contributed by atoms with van der Waals surface area (Å²) in [5.41, 5.74) is 8.56. The van der Waals surface area contributed by atoms with E-state index < -0.39 is 11.5 Å². The van der Waals surface area contributed by atoms with Crippen LogP contribution in [0, 0.1) is 0 Å². The van der Waals surface area contributed by atoms with E-state index in [1.807, 2.05) is 12.1 Å². The van der Waals surface area contributed by atoms with Gasteiger partial charge in [0.1, 0.15) is 5.56 Å². The summed E-state index contributed by atoms with van der Waals surface area (Å²) in [5, 5.41) is 3.04. The molecular weight excluding hydrogens is 354 g/mol. The van der Waals surface area contributed by atoms with E-state index in [0.717, 1.165) is 55.3 Å². The molecule has 0 radical (unpaired) electrons. The van der Waals surface area contributed by atoms with Gasteiger partial charge in [0.25, 0.3) is 11.5 Å². The topological polar surface area (TPSA) is 105 Å². The molecule has 1 aliphatic rings. The molecule has 2 amide bonds. The first-order valence-electron chi connectivity index (χ1n) is 9.91. The summed E-state index contributed by atoms with van der Waals surface area (Å²) in [6.07, 6.45) is 6.02.